The Balaban J connectivity index is 1.53. The molecule has 168 valence electrons. The number of methoxy groups -OCH3 is 2. The normalized spacial score (nSPS) is 14.8. The number of hydrogen-bond acceptors (Lipinski definition) is 5. The minimum Gasteiger partial charge on any atom is -0.493 e. The first-order chi connectivity index (χ1) is 15.6. The lowest BCUT2D eigenvalue weighted by Gasteiger charge is -2.38. The quantitative estimate of drug-likeness (QED) is 0.529. The van der Waals surface area contributed by atoms with E-state index in [-0.39, 0.29) is 11.9 Å². The van der Waals surface area contributed by atoms with Gasteiger partial charge in [-0.1, -0.05) is 29.8 Å². The van der Waals surface area contributed by atoms with E-state index >= 15 is 0 Å². The predicted octanol–water partition coefficient (Wildman–Crippen LogP) is 4.92. The number of benzene rings is 2. The molecular weight excluding hydrogens is 404 g/mol. The van der Waals surface area contributed by atoms with E-state index in [1.807, 2.05) is 23.1 Å². The molecule has 0 atom stereocenters. The smallest absolute Gasteiger partial charge is 0.294 e. The molecule has 1 fully saturated rings. The number of rotatable bonds is 7. The van der Waals surface area contributed by atoms with Gasteiger partial charge in [-0.25, -0.2) is 0 Å². The van der Waals surface area contributed by atoms with Crippen LogP contribution in [0.4, 0.5) is 5.69 Å². The van der Waals surface area contributed by atoms with Crippen molar-refractivity contribution in [1.82, 2.24) is 4.90 Å². The Morgan fingerprint density at radius 1 is 1.03 bits per heavy atom. The average molecular weight is 435 g/mol. The van der Waals surface area contributed by atoms with Crippen LogP contribution in [0.3, 0.4) is 0 Å². The molecule has 3 aromatic rings. The number of piperidine rings is 1. The van der Waals surface area contributed by atoms with Gasteiger partial charge in [-0.3, -0.25) is 9.69 Å². The highest BCUT2D eigenvalue weighted by Gasteiger charge is 2.31. The van der Waals surface area contributed by atoms with Crippen LogP contribution in [-0.2, 0) is 6.54 Å². The van der Waals surface area contributed by atoms with Crippen molar-refractivity contribution in [2.24, 2.45) is 0 Å². The summed E-state index contributed by atoms with van der Waals surface area (Å²) in [6.07, 6.45) is 3.30. The van der Waals surface area contributed by atoms with Crippen molar-refractivity contribution < 1.29 is 18.7 Å². The van der Waals surface area contributed by atoms with Gasteiger partial charge in [0.1, 0.15) is 0 Å². The molecule has 0 aliphatic carbocycles. The maximum Gasteiger partial charge on any atom is 0.294 e. The largest absolute Gasteiger partial charge is 0.493 e. The molecule has 1 aromatic heterocycles. The van der Waals surface area contributed by atoms with Crippen molar-refractivity contribution >= 4 is 11.6 Å². The molecule has 0 unspecified atom stereocenters. The summed E-state index contributed by atoms with van der Waals surface area (Å²) in [6.45, 7) is 4.88. The van der Waals surface area contributed by atoms with Crippen LogP contribution in [0, 0.1) is 6.92 Å². The van der Waals surface area contributed by atoms with Gasteiger partial charge in [-0.2, -0.15) is 0 Å². The number of likely N-dealkylation sites (tertiary alicyclic amines) is 1. The Morgan fingerprint density at radius 2 is 1.75 bits per heavy atom. The molecule has 0 spiro atoms. The Morgan fingerprint density at radius 3 is 2.38 bits per heavy atom. The van der Waals surface area contributed by atoms with E-state index in [0.717, 1.165) is 38.2 Å². The minimum atomic E-state index is -0.140. The van der Waals surface area contributed by atoms with Crippen LogP contribution in [0.5, 0.6) is 11.5 Å². The molecule has 0 saturated carbocycles. The summed E-state index contributed by atoms with van der Waals surface area (Å²) in [7, 11) is 3.21. The third-order valence-corrected chi connectivity index (χ3v) is 6.05. The zero-order valence-corrected chi connectivity index (χ0v) is 18.9. The van der Waals surface area contributed by atoms with Crippen molar-refractivity contribution in [3.63, 3.8) is 0 Å². The first kappa shape index (κ1) is 22.0. The number of aryl methyl sites for hydroxylation is 1. The lowest BCUT2D eigenvalue weighted by atomic mass is 10.0. The van der Waals surface area contributed by atoms with E-state index in [4.69, 9.17) is 13.9 Å². The van der Waals surface area contributed by atoms with Gasteiger partial charge < -0.3 is 18.8 Å². The van der Waals surface area contributed by atoms with Gasteiger partial charge in [0.25, 0.3) is 5.91 Å². The Bertz CT molecular complexity index is 1020. The molecule has 1 saturated heterocycles. The van der Waals surface area contributed by atoms with Crippen LogP contribution in [0.1, 0.15) is 34.5 Å². The zero-order chi connectivity index (χ0) is 22.5. The molecule has 1 aliphatic rings. The summed E-state index contributed by atoms with van der Waals surface area (Å²) in [5, 5.41) is 0. The second-order valence-electron chi connectivity index (χ2n) is 8.18. The monoisotopic (exact) mass is 434 g/mol. The number of ether oxygens (including phenoxy) is 2. The van der Waals surface area contributed by atoms with Crippen molar-refractivity contribution in [1.29, 1.82) is 0 Å². The first-order valence-electron chi connectivity index (χ1n) is 11.0. The number of furan rings is 1. The summed E-state index contributed by atoms with van der Waals surface area (Å²) in [6, 6.07) is 17.8. The van der Waals surface area contributed by atoms with Gasteiger partial charge in [0.05, 0.1) is 20.5 Å². The molecule has 6 heteroatoms. The third kappa shape index (κ3) is 4.81. The third-order valence-electron chi connectivity index (χ3n) is 6.05. The summed E-state index contributed by atoms with van der Waals surface area (Å²) < 4.78 is 16.3. The number of anilines is 1. The fourth-order valence-corrected chi connectivity index (χ4v) is 4.27. The molecule has 2 heterocycles. The van der Waals surface area contributed by atoms with E-state index in [1.54, 1.807) is 26.4 Å². The molecule has 0 N–H and O–H groups in total. The molecule has 2 aromatic carbocycles. The van der Waals surface area contributed by atoms with Gasteiger partial charge >= 0.3 is 0 Å². The second kappa shape index (κ2) is 9.92. The Kier molecular flexibility index (Phi) is 6.81. The van der Waals surface area contributed by atoms with Crippen LogP contribution in [0.15, 0.2) is 65.3 Å². The van der Waals surface area contributed by atoms with E-state index in [9.17, 15) is 4.79 Å². The summed E-state index contributed by atoms with van der Waals surface area (Å²) in [5.41, 5.74) is 3.37. The molecular formula is C26H30N2O4. The molecule has 32 heavy (non-hydrogen) atoms. The van der Waals surface area contributed by atoms with Crippen LogP contribution in [-0.4, -0.2) is 44.2 Å². The average Bonchev–Trinajstić information content (AvgIpc) is 3.37. The Labute approximate surface area is 189 Å². The zero-order valence-electron chi connectivity index (χ0n) is 18.9. The lowest BCUT2D eigenvalue weighted by molar-refractivity contribution is 0.0931. The molecule has 6 nitrogen and oxygen atoms in total. The van der Waals surface area contributed by atoms with Gasteiger partial charge in [0.2, 0.25) is 0 Å². The van der Waals surface area contributed by atoms with Crippen molar-refractivity contribution in [2.45, 2.75) is 32.4 Å². The van der Waals surface area contributed by atoms with Gasteiger partial charge in [-0.15, -0.1) is 0 Å². The highest BCUT2D eigenvalue weighted by atomic mass is 16.5. The van der Waals surface area contributed by atoms with E-state index in [1.165, 1.54) is 17.4 Å². The van der Waals surface area contributed by atoms with Gasteiger partial charge in [0, 0.05) is 37.4 Å². The predicted molar refractivity (Wildman–Crippen MR) is 125 cm³/mol. The number of carbonyl (C=O) groups is 1. The number of hydrogen-bond donors (Lipinski definition) is 0. The fraction of sp³-hybridized carbons (Fsp3) is 0.346. The molecule has 4 rings (SSSR count). The standard InChI is InChI=1S/C26H30N2O4/c1-19-6-8-20(9-7-19)18-27-14-12-21(13-15-27)28(26(29)24-5-4-16-32-24)22-10-11-23(30-2)25(17-22)31-3/h4-11,16-17,21H,12-15,18H2,1-3H3. The van der Waals surface area contributed by atoms with Gasteiger partial charge in [-0.05, 0) is 49.6 Å². The van der Waals surface area contributed by atoms with Crippen LogP contribution in [0.25, 0.3) is 0 Å². The van der Waals surface area contributed by atoms with Gasteiger partial charge in [0.15, 0.2) is 17.3 Å². The minimum absolute atomic E-state index is 0.0694. The molecule has 0 bridgehead atoms. The highest BCUT2D eigenvalue weighted by Crippen LogP contribution is 2.34. The fourth-order valence-electron chi connectivity index (χ4n) is 4.27. The number of amides is 1. The topological polar surface area (TPSA) is 55.2 Å². The van der Waals surface area contributed by atoms with E-state index in [0.29, 0.717) is 17.3 Å². The van der Waals surface area contributed by atoms with Crippen LogP contribution >= 0.6 is 0 Å². The summed E-state index contributed by atoms with van der Waals surface area (Å²) in [5.74, 6) is 1.43. The number of carbonyl (C=O) groups excluding carboxylic acids is 1. The second-order valence-corrected chi connectivity index (χ2v) is 8.18. The Hall–Kier alpha value is -3.25. The SMILES string of the molecule is COc1ccc(N(C(=O)c2ccco2)C2CCN(Cc3ccc(C)cc3)CC2)cc1OC. The van der Waals surface area contributed by atoms with Crippen molar-refractivity contribution in [3.05, 3.63) is 77.7 Å². The number of nitrogens with zero attached hydrogens (tertiary/aromatic N) is 2. The van der Waals surface area contributed by atoms with Crippen LogP contribution in [0.2, 0.25) is 0 Å². The lowest BCUT2D eigenvalue weighted by Crippen LogP contribution is -2.47. The highest BCUT2D eigenvalue weighted by molar-refractivity contribution is 6.04. The van der Waals surface area contributed by atoms with Crippen molar-refractivity contribution in [2.75, 3.05) is 32.2 Å². The maximum atomic E-state index is 13.4. The molecule has 0 radical (unpaired) electrons. The van der Waals surface area contributed by atoms with Crippen molar-refractivity contribution in [3.8, 4) is 11.5 Å². The molecule has 1 amide bonds. The maximum absolute atomic E-state index is 13.4. The summed E-state index contributed by atoms with van der Waals surface area (Å²) in [4.78, 5) is 17.7. The summed E-state index contributed by atoms with van der Waals surface area (Å²) >= 11 is 0. The van der Waals surface area contributed by atoms with Crippen LogP contribution < -0.4 is 14.4 Å². The van der Waals surface area contributed by atoms with E-state index in [2.05, 4.69) is 36.1 Å². The first-order valence-corrected chi connectivity index (χ1v) is 11.0. The molecule has 1 aliphatic heterocycles. The van der Waals surface area contributed by atoms with E-state index < -0.39 is 0 Å².